The summed E-state index contributed by atoms with van der Waals surface area (Å²) in [6.07, 6.45) is 4.06. The standard InChI is InChI=1S/C18H25FN4/c1-18(2,3)23-13-14(10-21-23)12-22-8-7-20-11-17(22)15-5-4-6-16(19)9-15/h4-6,9-10,13,17,20H,7-8,11-12H2,1-3H3. The molecule has 1 aromatic heterocycles. The number of benzene rings is 1. The first-order valence-electron chi connectivity index (χ1n) is 8.18. The van der Waals surface area contributed by atoms with Crippen molar-refractivity contribution >= 4 is 0 Å². The van der Waals surface area contributed by atoms with E-state index in [2.05, 4.69) is 42.3 Å². The summed E-state index contributed by atoms with van der Waals surface area (Å²) < 4.78 is 15.6. The van der Waals surface area contributed by atoms with E-state index in [1.54, 1.807) is 12.1 Å². The molecule has 1 aliphatic rings. The second-order valence-corrected chi connectivity index (χ2v) is 7.21. The third-order valence-electron chi connectivity index (χ3n) is 4.30. The predicted molar refractivity (Wildman–Crippen MR) is 89.6 cm³/mol. The van der Waals surface area contributed by atoms with E-state index in [1.165, 1.54) is 11.6 Å². The van der Waals surface area contributed by atoms with Gasteiger partial charge in [0.25, 0.3) is 0 Å². The molecule has 23 heavy (non-hydrogen) atoms. The third kappa shape index (κ3) is 3.79. The van der Waals surface area contributed by atoms with E-state index in [4.69, 9.17) is 0 Å². The second-order valence-electron chi connectivity index (χ2n) is 7.21. The number of hydrogen-bond donors (Lipinski definition) is 1. The maximum absolute atomic E-state index is 13.6. The molecular formula is C18H25FN4. The predicted octanol–water partition coefficient (Wildman–Crippen LogP) is 2.92. The summed E-state index contributed by atoms with van der Waals surface area (Å²) in [7, 11) is 0. The Labute approximate surface area is 137 Å². The molecule has 2 heterocycles. The van der Waals surface area contributed by atoms with Crippen LogP contribution >= 0.6 is 0 Å². The number of halogens is 1. The van der Waals surface area contributed by atoms with Crippen molar-refractivity contribution in [3.8, 4) is 0 Å². The lowest BCUT2D eigenvalue weighted by Gasteiger charge is -2.36. The first kappa shape index (κ1) is 16.1. The zero-order chi connectivity index (χ0) is 16.4. The van der Waals surface area contributed by atoms with Crippen molar-refractivity contribution < 1.29 is 4.39 Å². The Hall–Kier alpha value is -1.72. The van der Waals surface area contributed by atoms with Gasteiger partial charge in [0.1, 0.15) is 5.82 Å². The van der Waals surface area contributed by atoms with Crippen LogP contribution in [0.4, 0.5) is 4.39 Å². The quantitative estimate of drug-likeness (QED) is 0.945. The molecule has 0 spiro atoms. The van der Waals surface area contributed by atoms with Crippen molar-refractivity contribution in [1.29, 1.82) is 0 Å². The Morgan fingerprint density at radius 3 is 2.87 bits per heavy atom. The van der Waals surface area contributed by atoms with Crippen molar-refractivity contribution in [1.82, 2.24) is 20.0 Å². The zero-order valence-electron chi connectivity index (χ0n) is 14.1. The van der Waals surface area contributed by atoms with Gasteiger partial charge in [0.05, 0.1) is 11.7 Å². The largest absolute Gasteiger partial charge is 0.314 e. The molecule has 0 radical (unpaired) electrons. The zero-order valence-corrected chi connectivity index (χ0v) is 14.1. The van der Waals surface area contributed by atoms with Gasteiger partial charge in [-0.1, -0.05) is 12.1 Å². The van der Waals surface area contributed by atoms with Crippen molar-refractivity contribution in [2.45, 2.75) is 38.9 Å². The fourth-order valence-electron chi connectivity index (χ4n) is 3.02. The third-order valence-corrected chi connectivity index (χ3v) is 4.30. The lowest BCUT2D eigenvalue weighted by molar-refractivity contribution is 0.153. The minimum absolute atomic E-state index is 0.0103. The topological polar surface area (TPSA) is 33.1 Å². The van der Waals surface area contributed by atoms with Gasteiger partial charge < -0.3 is 5.32 Å². The van der Waals surface area contributed by atoms with Crippen LogP contribution in [0, 0.1) is 5.82 Å². The van der Waals surface area contributed by atoms with Crippen LogP contribution in [0.15, 0.2) is 36.7 Å². The second kappa shape index (κ2) is 6.42. The van der Waals surface area contributed by atoms with Crippen molar-refractivity contribution in [2.75, 3.05) is 19.6 Å². The van der Waals surface area contributed by atoms with E-state index in [1.807, 2.05) is 16.9 Å². The number of aromatic nitrogens is 2. The van der Waals surface area contributed by atoms with Crippen LogP contribution in [-0.4, -0.2) is 34.3 Å². The first-order chi connectivity index (χ1) is 10.9. The van der Waals surface area contributed by atoms with Crippen LogP contribution in [0.25, 0.3) is 0 Å². The number of nitrogens with one attached hydrogen (secondary N) is 1. The maximum atomic E-state index is 13.6. The molecule has 1 atom stereocenters. The molecule has 3 rings (SSSR count). The summed E-state index contributed by atoms with van der Waals surface area (Å²) in [5.41, 5.74) is 2.22. The highest BCUT2D eigenvalue weighted by Crippen LogP contribution is 2.25. The number of nitrogens with zero attached hydrogens (tertiary/aromatic N) is 3. The van der Waals surface area contributed by atoms with Gasteiger partial charge in [0.2, 0.25) is 0 Å². The molecule has 1 aromatic carbocycles. The molecule has 124 valence electrons. The fourth-order valence-corrected chi connectivity index (χ4v) is 3.02. The van der Waals surface area contributed by atoms with Crippen LogP contribution < -0.4 is 5.32 Å². The summed E-state index contributed by atoms with van der Waals surface area (Å²) in [5.74, 6) is -0.173. The molecule has 4 nitrogen and oxygen atoms in total. The van der Waals surface area contributed by atoms with Crippen LogP contribution in [0.1, 0.15) is 37.9 Å². The molecule has 5 heteroatoms. The molecule has 2 aromatic rings. The molecule has 0 aliphatic carbocycles. The number of rotatable bonds is 3. The van der Waals surface area contributed by atoms with Crippen LogP contribution in [0.5, 0.6) is 0 Å². The molecular weight excluding hydrogens is 291 g/mol. The van der Waals surface area contributed by atoms with E-state index in [0.29, 0.717) is 0 Å². The normalized spacial score (nSPS) is 19.9. The smallest absolute Gasteiger partial charge is 0.123 e. The Kier molecular flexibility index (Phi) is 4.50. The van der Waals surface area contributed by atoms with E-state index in [9.17, 15) is 4.39 Å². The Morgan fingerprint density at radius 1 is 1.35 bits per heavy atom. The van der Waals surface area contributed by atoms with Gasteiger partial charge >= 0.3 is 0 Å². The van der Waals surface area contributed by atoms with Crippen molar-refractivity contribution in [3.05, 3.63) is 53.6 Å². The average molecular weight is 316 g/mol. The molecule has 0 amide bonds. The molecule has 0 bridgehead atoms. The summed E-state index contributed by atoms with van der Waals surface area (Å²) in [6.45, 7) is 10.0. The summed E-state index contributed by atoms with van der Waals surface area (Å²) in [4.78, 5) is 2.40. The van der Waals surface area contributed by atoms with E-state index < -0.39 is 0 Å². The highest BCUT2D eigenvalue weighted by Gasteiger charge is 2.25. The van der Waals surface area contributed by atoms with E-state index in [0.717, 1.165) is 31.7 Å². The fraction of sp³-hybridized carbons (Fsp3) is 0.500. The lowest BCUT2D eigenvalue weighted by Crippen LogP contribution is -2.45. The Bertz CT molecular complexity index is 659. The maximum Gasteiger partial charge on any atom is 0.123 e. The Balaban J connectivity index is 1.78. The van der Waals surface area contributed by atoms with E-state index >= 15 is 0 Å². The molecule has 1 unspecified atom stereocenters. The van der Waals surface area contributed by atoms with Gasteiger partial charge in [-0.2, -0.15) is 5.10 Å². The van der Waals surface area contributed by atoms with Gasteiger partial charge in [0.15, 0.2) is 0 Å². The van der Waals surface area contributed by atoms with Crippen molar-refractivity contribution in [2.24, 2.45) is 0 Å². The van der Waals surface area contributed by atoms with Gasteiger partial charge in [-0.25, -0.2) is 4.39 Å². The Morgan fingerprint density at radius 2 is 2.17 bits per heavy atom. The van der Waals surface area contributed by atoms with Crippen LogP contribution in [0.3, 0.4) is 0 Å². The molecule has 1 saturated heterocycles. The molecule has 1 aliphatic heterocycles. The SMILES string of the molecule is CC(C)(C)n1cc(CN2CCNCC2c2cccc(F)c2)cn1. The number of piperazine rings is 1. The van der Waals surface area contributed by atoms with Gasteiger partial charge in [0, 0.05) is 44.0 Å². The van der Waals surface area contributed by atoms with Gasteiger partial charge in [-0.05, 0) is 38.5 Å². The summed E-state index contributed by atoms with van der Waals surface area (Å²) >= 11 is 0. The minimum atomic E-state index is -0.173. The lowest BCUT2D eigenvalue weighted by atomic mass is 10.0. The van der Waals surface area contributed by atoms with Crippen LogP contribution in [0.2, 0.25) is 0 Å². The van der Waals surface area contributed by atoms with Crippen molar-refractivity contribution in [3.63, 3.8) is 0 Å². The minimum Gasteiger partial charge on any atom is -0.314 e. The monoisotopic (exact) mass is 316 g/mol. The molecule has 1 fully saturated rings. The summed E-state index contributed by atoms with van der Waals surface area (Å²) in [6, 6.07) is 7.12. The van der Waals surface area contributed by atoms with Gasteiger partial charge in [-0.3, -0.25) is 9.58 Å². The molecule has 0 saturated carbocycles. The number of hydrogen-bond acceptors (Lipinski definition) is 3. The molecule has 1 N–H and O–H groups in total. The van der Waals surface area contributed by atoms with Crippen LogP contribution in [-0.2, 0) is 12.1 Å². The first-order valence-corrected chi connectivity index (χ1v) is 8.18. The van der Waals surface area contributed by atoms with Gasteiger partial charge in [-0.15, -0.1) is 0 Å². The highest BCUT2D eigenvalue weighted by atomic mass is 19.1. The summed E-state index contributed by atoms with van der Waals surface area (Å²) in [5, 5.41) is 7.89. The highest BCUT2D eigenvalue weighted by molar-refractivity contribution is 5.22. The average Bonchev–Trinajstić information content (AvgIpc) is 2.96. The van der Waals surface area contributed by atoms with E-state index in [-0.39, 0.29) is 17.4 Å².